The normalized spacial score (nSPS) is 20.0. The lowest BCUT2D eigenvalue weighted by atomic mass is 9.98. The van der Waals surface area contributed by atoms with Crippen LogP contribution in [0.25, 0.3) is 0 Å². The summed E-state index contributed by atoms with van der Waals surface area (Å²) in [6, 6.07) is 0.965. The molecule has 0 spiro atoms. The van der Waals surface area contributed by atoms with E-state index in [9.17, 15) is 0 Å². The zero-order valence-corrected chi connectivity index (χ0v) is 8.94. The van der Waals surface area contributed by atoms with Gasteiger partial charge in [-0.3, -0.25) is 0 Å². The summed E-state index contributed by atoms with van der Waals surface area (Å²) in [5, 5.41) is 0. The van der Waals surface area contributed by atoms with Crippen molar-refractivity contribution < 1.29 is 0 Å². The summed E-state index contributed by atoms with van der Waals surface area (Å²) in [6.07, 6.45) is 8.55. The second kappa shape index (κ2) is 4.34. The molecular formula is C8H11Cl2Si. The Morgan fingerprint density at radius 2 is 1.91 bits per heavy atom. The van der Waals surface area contributed by atoms with Gasteiger partial charge in [-0.2, -0.15) is 0 Å². The molecule has 1 radical (unpaired) electrons. The van der Waals surface area contributed by atoms with Crippen LogP contribution in [0.15, 0.2) is 24.3 Å². The molecule has 0 N–H and O–H groups in total. The molecule has 0 fully saturated rings. The smallest absolute Gasteiger partial charge is 0.147 e. The molecule has 1 atom stereocenters. The highest BCUT2D eigenvalue weighted by molar-refractivity contribution is 7.33. The highest BCUT2D eigenvalue weighted by atomic mass is 35.7. The molecule has 0 aliphatic heterocycles. The highest BCUT2D eigenvalue weighted by Crippen LogP contribution is 2.25. The lowest BCUT2D eigenvalue weighted by Gasteiger charge is -2.14. The van der Waals surface area contributed by atoms with Gasteiger partial charge in [0.05, 0.1) is 0 Å². The number of halogens is 2. The average Bonchev–Trinajstić information content (AvgIpc) is 2.35. The predicted molar refractivity (Wildman–Crippen MR) is 53.2 cm³/mol. The van der Waals surface area contributed by atoms with E-state index in [1.807, 2.05) is 0 Å². The third kappa shape index (κ3) is 3.02. The summed E-state index contributed by atoms with van der Waals surface area (Å²) < 4.78 is 0. The van der Waals surface area contributed by atoms with Crippen molar-refractivity contribution in [3.8, 4) is 0 Å². The molecule has 1 unspecified atom stereocenters. The molecule has 0 nitrogen and oxygen atoms in total. The van der Waals surface area contributed by atoms with Gasteiger partial charge in [0.1, 0.15) is 0 Å². The molecule has 1 rings (SSSR count). The fourth-order valence-corrected chi connectivity index (χ4v) is 3.43. The van der Waals surface area contributed by atoms with Gasteiger partial charge in [-0.15, -0.1) is 22.2 Å². The van der Waals surface area contributed by atoms with E-state index in [1.165, 1.54) is 0 Å². The first-order chi connectivity index (χ1) is 5.20. The van der Waals surface area contributed by atoms with Crippen molar-refractivity contribution in [2.24, 2.45) is 11.8 Å². The summed E-state index contributed by atoms with van der Waals surface area (Å²) >= 11 is 11.5. The third-order valence-electron chi connectivity index (χ3n) is 1.91. The molecule has 0 saturated carbocycles. The number of hydrogen-bond donors (Lipinski definition) is 0. The molecule has 0 aromatic carbocycles. The second-order valence-corrected chi connectivity index (χ2v) is 7.27. The lowest BCUT2D eigenvalue weighted by molar-refractivity contribution is 0.553. The average molecular weight is 206 g/mol. The molecule has 0 aromatic heterocycles. The van der Waals surface area contributed by atoms with Gasteiger partial charge < -0.3 is 0 Å². The second-order valence-electron chi connectivity index (χ2n) is 2.87. The van der Waals surface area contributed by atoms with Crippen LogP contribution in [0, 0.1) is 11.8 Å². The van der Waals surface area contributed by atoms with Crippen LogP contribution in [0.2, 0.25) is 6.04 Å². The Kier molecular flexibility index (Phi) is 3.69. The van der Waals surface area contributed by atoms with Crippen LogP contribution < -0.4 is 0 Å². The molecular weight excluding hydrogens is 195 g/mol. The first-order valence-electron chi connectivity index (χ1n) is 3.72. The number of hydrogen-bond acceptors (Lipinski definition) is 0. The van der Waals surface area contributed by atoms with Crippen LogP contribution in [-0.2, 0) is 0 Å². The fraction of sp³-hybridized carbons (Fsp3) is 0.500. The van der Waals surface area contributed by atoms with Crippen molar-refractivity contribution in [2.75, 3.05) is 0 Å². The molecule has 0 aromatic rings. The van der Waals surface area contributed by atoms with Crippen LogP contribution in [-0.4, -0.2) is 7.42 Å². The minimum atomic E-state index is -1.09. The van der Waals surface area contributed by atoms with Crippen molar-refractivity contribution in [1.82, 2.24) is 0 Å². The standard InChI is InChI=1S/C8H11Cl2Si/c1-7(6-11(9)10)8-4-2-3-5-8/h2-5,7-8H,6H2,1H3. The summed E-state index contributed by atoms with van der Waals surface area (Å²) in [5.74, 6) is 1.15. The Balaban J connectivity index is 2.35. The van der Waals surface area contributed by atoms with Gasteiger partial charge in [0.2, 0.25) is 0 Å². The van der Waals surface area contributed by atoms with Crippen molar-refractivity contribution >= 4 is 29.6 Å². The maximum absolute atomic E-state index is 5.77. The fourth-order valence-electron chi connectivity index (χ4n) is 1.21. The zero-order chi connectivity index (χ0) is 8.27. The molecule has 11 heavy (non-hydrogen) atoms. The Hall–Kier alpha value is 0.277. The van der Waals surface area contributed by atoms with Crippen LogP contribution in [0.3, 0.4) is 0 Å². The summed E-state index contributed by atoms with van der Waals surface area (Å²) in [5.41, 5.74) is 0. The van der Waals surface area contributed by atoms with Crippen LogP contribution >= 0.6 is 22.2 Å². The van der Waals surface area contributed by atoms with Gasteiger partial charge in [-0.1, -0.05) is 31.2 Å². The molecule has 0 bridgehead atoms. The van der Waals surface area contributed by atoms with E-state index < -0.39 is 7.42 Å². The number of allylic oxidation sites excluding steroid dienone is 4. The van der Waals surface area contributed by atoms with E-state index in [0.29, 0.717) is 11.8 Å². The van der Waals surface area contributed by atoms with Crippen molar-refractivity contribution in [3.63, 3.8) is 0 Å². The third-order valence-corrected chi connectivity index (χ3v) is 3.79. The van der Waals surface area contributed by atoms with Crippen LogP contribution in [0.5, 0.6) is 0 Å². The van der Waals surface area contributed by atoms with E-state index in [4.69, 9.17) is 22.2 Å². The Bertz CT molecular complexity index is 163. The largest absolute Gasteiger partial charge is 0.274 e. The summed E-state index contributed by atoms with van der Waals surface area (Å²) in [4.78, 5) is 0. The topological polar surface area (TPSA) is 0 Å². The Labute approximate surface area is 78.9 Å². The molecule has 0 saturated heterocycles. The maximum Gasteiger partial charge on any atom is 0.274 e. The Morgan fingerprint density at radius 3 is 2.36 bits per heavy atom. The highest BCUT2D eigenvalue weighted by Gasteiger charge is 2.17. The van der Waals surface area contributed by atoms with E-state index in [1.54, 1.807) is 0 Å². The molecule has 1 aliphatic carbocycles. The van der Waals surface area contributed by atoms with Crippen LogP contribution in [0.4, 0.5) is 0 Å². The zero-order valence-electron chi connectivity index (χ0n) is 6.43. The monoisotopic (exact) mass is 205 g/mol. The van der Waals surface area contributed by atoms with Crippen molar-refractivity contribution in [3.05, 3.63) is 24.3 Å². The predicted octanol–water partition coefficient (Wildman–Crippen LogP) is 3.33. The van der Waals surface area contributed by atoms with Gasteiger partial charge in [-0.25, -0.2) is 0 Å². The SMILES string of the molecule is CC(C[Si](Cl)Cl)C1C=CC=C1. The van der Waals surface area contributed by atoms with E-state index >= 15 is 0 Å². The van der Waals surface area contributed by atoms with E-state index in [-0.39, 0.29) is 0 Å². The van der Waals surface area contributed by atoms with Gasteiger partial charge in [0, 0.05) is 0 Å². The maximum atomic E-state index is 5.77. The Morgan fingerprint density at radius 1 is 1.36 bits per heavy atom. The minimum Gasteiger partial charge on any atom is -0.147 e. The first-order valence-corrected chi connectivity index (χ1v) is 7.45. The molecule has 0 amide bonds. The van der Waals surface area contributed by atoms with Crippen molar-refractivity contribution in [1.29, 1.82) is 0 Å². The van der Waals surface area contributed by atoms with Gasteiger partial charge >= 0.3 is 0 Å². The minimum absolute atomic E-state index is 0.562. The lowest BCUT2D eigenvalue weighted by Crippen LogP contribution is -2.09. The summed E-state index contributed by atoms with van der Waals surface area (Å²) in [6.45, 7) is 2.19. The van der Waals surface area contributed by atoms with Gasteiger partial charge in [0.25, 0.3) is 7.42 Å². The van der Waals surface area contributed by atoms with Gasteiger partial charge in [-0.05, 0) is 17.9 Å². The quantitative estimate of drug-likeness (QED) is 0.490. The van der Waals surface area contributed by atoms with Crippen molar-refractivity contribution in [2.45, 2.75) is 13.0 Å². The molecule has 3 heteroatoms. The molecule has 61 valence electrons. The van der Waals surface area contributed by atoms with Crippen LogP contribution in [0.1, 0.15) is 6.92 Å². The first kappa shape index (κ1) is 9.37. The van der Waals surface area contributed by atoms with E-state index in [2.05, 4.69) is 31.2 Å². The summed E-state index contributed by atoms with van der Waals surface area (Å²) in [7, 11) is -1.09. The van der Waals surface area contributed by atoms with Gasteiger partial charge in [0.15, 0.2) is 0 Å². The van der Waals surface area contributed by atoms with E-state index in [0.717, 1.165) is 6.04 Å². The molecule has 0 heterocycles. The molecule has 1 aliphatic rings. The number of rotatable bonds is 3.